The van der Waals surface area contributed by atoms with Gasteiger partial charge in [-0.15, -0.1) is 0 Å². The summed E-state index contributed by atoms with van der Waals surface area (Å²) < 4.78 is 10.4. The highest BCUT2D eigenvalue weighted by molar-refractivity contribution is 5.73. The Hall–Kier alpha value is -0.650. The van der Waals surface area contributed by atoms with E-state index in [2.05, 4.69) is 10.6 Å². The van der Waals surface area contributed by atoms with Crippen LogP contribution in [0.5, 0.6) is 0 Å². The number of carbonyl (C=O) groups is 1. The lowest BCUT2D eigenvalue weighted by molar-refractivity contribution is -0.121. The Morgan fingerprint density at radius 2 is 2.27 bits per heavy atom. The van der Waals surface area contributed by atoms with Crippen molar-refractivity contribution in [3.8, 4) is 0 Å². The van der Waals surface area contributed by atoms with Crippen molar-refractivity contribution < 1.29 is 14.3 Å². The quantitative estimate of drug-likeness (QED) is 0.666. The standard InChI is InChI=1S/C10H20N2O3/c1-7(13)12-9-4-8(6-14-2)11-5-10(9)15-3/h8-11H,4-6H2,1-3H3,(H,12,13)/t8-,9+,10+/m0/s1. The van der Waals surface area contributed by atoms with E-state index in [1.54, 1.807) is 14.2 Å². The number of nitrogens with one attached hydrogen (secondary N) is 2. The lowest BCUT2D eigenvalue weighted by atomic mass is 9.97. The van der Waals surface area contributed by atoms with E-state index >= 15 is 0 Å². The Balaban J connectivity index is 2.48. The highest BCUT2D eigenvalue weighted by atomic mass is 16.5. The molecular formula is C10H20N2O3. The van der Waals surface area contributed by atoms with E-state index in [4.69, 9.17) is 9.47 Å². The van der Waals surface area contributed by atoms with Crippen LogP contribution in [0.1, 0.15) is 13.3 Å². The largest absolute Gasteiger partial charge is 0.383 e. The van der Waals surface area contributed by atoms with Gasteiger partial charge in [0.15, 0.2) is 0 Å². The molecule has 1 rings (SSSR count). The summed E-state index contributed by atoms with van der Waals surface area (Å²) in [5.74, 6) is -0.0138. The Kier molecular flexibility index (Phi) is 5.01. The van der Waals surface area contributed by atoms with Crippen molar-refractivity contribution in [3.63, 3.8) is 0 Å². The molecule has 5 heteroatoms. The van der Waals surface area contributed by atoms with Crippen LogP contribution in [0, 0.1) is 0 Å². The van der Waals surface area contributed by atoms with Gasteiger partial charge < -0.3 is 20.1 Å². The number of hydrogen-bond acceptors (Lipinski definition) is 4. The zero-order valence-electron chi connectivity index (χ0n) is 9.58. The molecule has 0 spiro atoms. The Morgan fingerprint density at radius 3 is 2.80 bits per heavy atom. The minimum atomic E-state index is -0.0138. The number of carbonyl (C=O) groups excluding carboxylic acids is 1. The lowest BCUT2D eigenvalue weighted by Gasteiger charge is -2.36. The molecule has 15 heavy (non-hydrogen) atoms. The number of methoxy groups -OCH3 is 2. The maximum atomic E-state index is 11.0. The Bertz CT molecular complexity index is 211. The zero-order valence-corrected chi connectivity index (χ0v) is 9.58. The summed E-state index contributed by atoms with van der Waals surface area (Å²) >= 11 is 0. The molecule has 0 aliphatic carbocycles. The monoisotopic (exact) mass is 216 g/mol. The molecule has 1 aliphatic heterocycles. The normalized spacial score (nSPS) is 31.3. The highest BCUT2D eigenvalue weighted by Gasteiger charge is 2.30. The van der Waals surface area contributed by atoms with Gasteiger partial charge in [-0.3, -0.25) is 4.79 Å². The number of amides is 1. The third-order valence-electron chi connectivity index (χ3n) is 2.65. The molecule has 0 aromatic carbocycles. The molecule has 1 aliphatic rings. The van der Waals surface area contributed by atoms with Crippen LogP contribution < -0.4 is 10.6 Å². The van der Waals surface area contributed by atoms with Crippen LogP contribution in [0.2, 0.25) is 0 Å². The van der Waals surface area contributed by atoms with Crippen molar-refractivity contribution in [3.05, 3.63) is 0 Å². The Morgan fingerprint density at radius 1 is 1.53 bits per heavy atom. The minimum absolute atomic E-state index is 0.0138. The summed E-state index contributed by atoms with van der Waals surface area (Å²) in [5, 5.41) is 6.23. The van der Waals surface area contributed by atoms with Gasteiger partial charge in [0.1, 0.15) is 0 Å². The van der Waals surface area contributed by atoms with E-state index in [-0.39, 0.29) is 18.1 Å². The predicted molar refractivity (Wildman–Crippen MR) is 56.7 cm³/mol. The first-order valence-electron chi connectivity index (χ1n) is 5.19. The molecule has 1 saturated heterocycles. The van der Waals surface area contributed by atoms with Crippen LogP contribution in [-0.2, 0) is 14.3 Å². The van der Waals surface area contributed by atoms with Crippen LogP contribution in [0.3, 0.4) is 0 Å². The van der Waals surface area contributed by atoms with E-state index in [0.717, 1.165) is 13.0 Å². The van der Waals surface area contributed by atoms with Crippen LogP contribution in [-0.4, -0.2) is 51.5 Å². The fraction of sp³-hybridized carbons (Fsp3) is 0.900. The van der Waals surface area contributed by atoms with E-state index in [0.29, 0.717) is 12.6 Å². The molecule has 0 bridgehead atoms. The van der Waals surface area contributed by atoms with Gasteiger partial charge in [-0.2, -0.15) is 0 Å². The third kappa shape index (κ3) is 3.77. The number of rotatable bonds is 4. The first-order chi connectivity index (χ1) is 7.17. The summed E-state index contributed by atoms with van der Waals surface area (Å²) in [4.78, 5) is 11.0. The predicted octanol–water partition coefficient (Wildman–Crippen LogP) is -0.486. The highest BCUT2D eigenvalue weighted by Crippen LogP contribution is 2.12. The van der Waals surface area contributed by atoms with Crippen molar-refractivity contribution in [2.24, 2.45) is 0 Å². The molecule has 1 heterocycles. The van der Waals surface area contributed by atoms with Crippen molar-refractivity contribution in [2.75, 3.05) is 27.4 Å². The van der Waals surface area contributed by atoms with Gasteiger partial charge in [-0.05, 0) is 6.42 Å². The summed E-state index contributed by atoms with van der Waals surface area (Å²) in [7, 11) is 3.34. The van der Waals surface area contributed by atoms with Crippen molar-refractivity contribution in [1.29, 1.82) is 0 Å². The van der Waals surface area contributed by atoms with E-state index < -0.39 is 0 Å². The molecule has 2 N–H and O–H groups in total. The van der Waals surface area contributed by atoms with Gasteiger partial charge in [-0.25, -0.2) is 0 Å². The smallest absolute Gasteiger partial charge is 0.217 e. The number of hydrogen-bond donors (Lipinski definition) is 2. The summed E-state index contributed by atoms with van der Waals surface area (Å²) in [5.41, 5.74) is 0. The minimum Gasteiger partial charge on any atom is -0.383 e. The van der Waals surface area contributed by atoms with Crippen molar-refractivity contribution in [1.82, 2.24) is 10.6 Å². The lowest BCUT2D eigenvalue weighted by Crippen LogP contribution is -2.57. The van der Waals surface area contributed by atoms with Crippen LogP contribution >= 0.6 is 0 Å². The molecule has 0 aromatic heterocycles. The molecular weight excluding hydrogens is 196 g/mol. The van der Waals surface area contributed by atoms with Gasteiger partial charge in [-0.1, -0.05) is 0 Å². The van der Waals surface area contributed by atoms with E-state index in [1.165, 1.54) is 6.92 Å². The zero-order chi connectivity index (χ0) is 11.3. The molecule has 3 atom stereocenters. The van der Waals surface area contributed by atoms with Gasteiger partial charge in [0.2, 0.25) is 5.91 Å². The van der Waals surface area contributed by atoms with Crippen LogP contribution in [0.4, 0.5) is 0 Å². The Labute approximate surface area is 90.5 Å². The summed E-state index contributed by atoms with van der Waals surface area (Å²) in [6.07, 6.45) is 0.883. The second kappa shape index (κ2) is 6.05. The molecule has 0 aromatic rings. The second-order valence-electron chi connectivity index (χ2n) is 3.88. The van der Waals surface area contributed by atoms with Gasteiger partial charge in [0.05, 0.1) is 18.8 Å². The van der Waals surface area contributed by atoms with Crippen molar-refractivity contribution >= 4 is 5.91 Å². The summed E-state index contributed by atoms with van der Waals surface area (Å²) in [6, 6.07) is 0.368. The average molecular weight is 216 g/mol. The number of ether oxygens (including phenoxy) is 2. The fourth-order valence-corrected chi connectivity index (χ4v) is 1.96. The fourth-order valence-electron chi connectivity index (χ4n) is 1.96. The third-order valence-corrected chi connectivity index (χ3v) is 2.65. The topological polar surface area (TPSA) is 59.6 Å². The molecule has 5 nitrogen and oxygen atoms in total. The van der Waals surface area contributed by atoms with Crippen LogP contribution in [0.25, 0.3) is 0 Å². The summed E-state index contributed by atoms with van der Waals surface area (Å²) in [6.45, 7) is 2.93. The first kappa shape index (κ1) is 12.4. The average Bonchev–Trinajstić information content (AvgIpc) is 2.18. The molecule has 88 valence electrons. The van der Waals surface area contributed by atoms with E-state index in [1.807, 2.05) is 0 Å². The molecule has 0 saturated carbocycles. The van der Waals surface area contributed by atoms with Crippen LogP contribution in [0.15, 0.2) is 0 Å². The first-order valence-corrected chi connectivity index (χ1v) is 5.19. The second-order valence-corrected chi connectivity index (χ2v) is 3.88. The maximum absolute atomic E-state index is 11.0. The number of piperidine rings is 1. The molecule has 0 unspecified atom stereocenters. The SMILES string of the molecule is COC[C@@H]1C[C@@H](NC(C)=O)[C@H](OC)CN1. The van der Waals surface area contributed by atoms with Gasteiger partial charge >= 0.3 is 0 Å². The molecule has 1 fully saturated rings. The van der Waals surface area contributed by atoms with Gasteiger partial charge in [0.25, 0.3) is 0 Å². The van der Waals surface area contributed by atoms with Gasteiger partial charge in [0, 0.05) is 33.7 Å². The van der Waals surface area contributed by atoms with E-state index in [9.17, 15) is 4.79 Å². The van der Waals surface area contributed by atoms with Crippen molar-refractivity contribution in [2.45, 2.75) is 31.5 Å². The molecule has 1 amide bonds. The maximum Gasteiger partial charge on any atom is 0.217 e. The molecule has 0 radical (unpaired) electrons.